The fourth-order valence-corrected chi connectivity index (χ4v) is 6.50. The lowest BCUT2D eigenvalue weighted by atomic mass is 9.79. The van der Waals surface area contributed by atoms with Crippen molar-refractivity contribution in [3.63, 3.8) is 0 Å². The molecule has 0 amide bonds. The molecule has 5 heteroatoms. The van der Waals surface area contributed by atoms with Crippen molar-refractivity contribution in [1.29, 1.82) is 0 Å². The maximum Gasteiger partial charge on any atom is 0.217 e. The molecule has 2 aromatic heterocycles. The highest BCUT2D eigenvalue weighted by molar-refractivity contribution is 6.09. The van der Waals surface area contributed by atoms with E-state index in [1.165, 1.54) is 16.5 Å². The molecule has 0 spiro atoms. The van der Waals surface area contributed by atoms with Crippen molar-refractivity contribution >= 4 is 27.7 Å². The summed E-state index contributed by atoms with van der Waals surface area (Å²) in [6.45, 7) is 17.3. The fraction of sp³-hybridized carbons (Fsp3) is 0.268. The van der Waals surface area contributed by atoms with E-state index < -0.39 is 11.1 Å². The first-order valence-electron chi connectivity index (χ1n) is 16.0. The summed E-state index contributed by atoms with van der Waals surface area (Å²) < 4.78 is 15.4. The van der Waals surface area contributed by atoms with Crippen LogP contribution in [0.15, 0.2) is 108 Å². The van der Waals surface area contributed by atoms with Crippen molar-refractivity contribution in [1.82, 2.24) is 9.55 Å². The smallest absolute Gasteiger partial charge is 0.217 e. The highest BCUT2D eigenvalue weighted by Crippen LogP contribution is 2.45. The van der Waals surface area contributed by atoms with Crippen molar-refractivity contribution in [2.45, 2.75) is 71.9 Å². The van der Waals surface area contributed by atoms with Gasteiger partial charge in [0.05, 0.1) is 11.0 Å². The Balaban J connectivity index is 1.30. The van der Waals surface area contributed by atoms with Gasteiger partial charge in [-0.15, -0.1) is 0 Å². The third-order valence-corrected chi connectivity index (χ3v) is 9.45. The van der Waals surface area contributed by atoms with E-state index in [9.17, 15) is 0 Å². The summed E-state index contributed by atoms with van der Waals surface area (Å²) in [5, 5.41) is 2.36. The SMILES string of the molecule is Cc1cc(Oc2ccc3c4cc(C)ccc4n(-c4cc(C(C)(C)C)ccn4)c3c2)cc(C2=N[C@](C)(c3ccccc3)C(C)(C)O2)c1. The van der Waals surface area contributed by atoms with Crippen molar-refractivity contribution in [2.24, 2.45) is 4.99 Å². The number of aromatic nitrogens is 2. The summed E-state index contributed by atoms with van der Waals surface area (Å²) in [6.07, 6.45) is 1.91. The number of benzene rings is 4. The molecule has 232 valence electrons. The highest BCUT2D eigenvalue weighted by Gasteiger charge is 2.50. The first-order chi connectivity index (χ1) is 21.8. The minimum atomic E-state index is -0.524. The molecule has 3 heterocycles. The molecule has 5 nitrogen and oxygen atoms in total. The number of aryl methyl sites for hydroxylation is 2. The van der Waals surface area contributed by atoms with Crippen molar-refractivity contribution < 1.29 is 9.47 Å². The number of hydrogen-bond donors (Lipinski definition) is 0. The maximum absolute atomic E-state index is 6.60. The standard InChI is InChI=1S/C41H41N3O2/c1-26-14-17-35-34(22-26)33-16-15-31(25-36(33)44(35)37-24-30(18-19-42-37)39(3,4)5)45-32-21-27(2)20-28(23-32)38-43-41(8,40(6,7)46-38)29-12-10-9-11-13-29/h9-25H,1-8H3/t41-/m1/s1. The van der Waals surface area contributed by atoms with E-state index in [-0.39, 0.29) is 5.41 Å². The Morgan fingerprint density at radius 3 is 2.26 bits per heavy atom. The molecule has 0 aliphatic carbocycles. The summed E-state index contributed by atoms with van der Waals surface area (Å²) in [5.74, 6) is 3.01. The van der Waals surface area contributed by atoms with Gasteiger partial charge in [0.1, 0.15) is 28.5 Å². The lowest BCUT2D eigenvalue weighted by Gasteiger charge is -2.34. The van der Waals surface area contributed by atoms with Crippen LogP contribution in [0.1, 0.15) is 69.4 Å². The second kappa shape index (κ2) is 10.6. The first kappa shape index (κ1) is 29.8. The Bertz CT molecular complexity index is 2150. The topological polar surface area (TPSA) is 48.6 Å². The van der Waals surface area contributed by atoms with Gasteiger partial charge < -0.3 is 9.47 Å². The van der Waals surface area contributed by atoms with E-state index in [1.54, 1.807) is 0 Å². The molecule has 0 fully saturated rings. The van der Waals surface area contributed by atoms with Crippen molar-refractivity contribution in [2.75, 3.05) is 0 Å². The van der Waals surface area contributed by atoms with E-state index in [0.29, 0.717) is 5.90 Å². The second-order valence-corrected chi connectivity index (χ2v) is 14.3. The third-order valence-electron chi connectivity index (χ3n) is 9.45. The average Bonchev–Trinajstić information content (AvgIpc) is 3.46. The fourth-order valence-electron chi connectivity index (χ4n) is 6.50. The van der Waals surface area contributed by atoms with Gasteiger partial charge in [-0.05, 0) is 111 Å². The van der Waals surface area contributed by atoms with E-state index >= 15 is 0 Å². The van der Waals surface area contributed by atoms with Crippen molar-refractivity contribution in [3.8, 4) is 17.3 Å². The average molecular weight is 608 g/mol. The molecule has 0 radical (unpaired) electrons. The zero-order chi connectivity index (χ0) is 32.4. The van der Waals surface area contributed by atoms with E-state index in [4.69, 9.17) is 19.5 Å². The zero-order valence-electron chi connectivity index (χ0n) is 28.0. The van der Waals surface area contributed by atoms with Crippen LogP contribution in [-0.2, 0) is 15.7 Å². The van der Waals surface area contributed by atoms with Gasteiger partial charge in [-0.25, -0.2) is 9.98 Å². The first-order valence-corrected chi connectivity index (χ1v) is 16.0. The number of ether oxygens (including phenoxy) is 2. The Morgan fingerprint density at radius 2 is 1.50 bits per heavy atom. The Hall–Kier alpha value is -4.90. The number of aliphatic imine (C=N–C) groups is 1. The van der Waals surface area contributed by atoms with Gasteiger partial charge in [-0.2, -0.15) is 0 Å². The summed E-state index contributed by atoms with van der Waals surface area (Å²) >= 11 is 0. The molecule has 6 aromatic rings. The molecule has 0 saturated heterocycles. The maximum atomic E-state index is 6.60. The zero-order valence-corrected chi connectivity index (χ0v) is 28.0. The van der Waals surface area contributed by atoms with Crippen LogP contribution in [0.2, 0.25) is 0 Å². The number of hydrogen-bond acceptors (Lipinski definition) is 4. The number of fused-ring (bicyclic) bond motifs is 3. The molecule has 0 bridgehead atoms. The molecule has 4 aromatic carbocycles. The van der Waals surface area contributed by atoms with Crippen LogP contribution >= 0.6 is 0 Å². The lowest BCUT2D eigenvalue weighted by Crippen LogP contribution is -2.41. The van der Waals surface area contributed by atoms with Gasteiger partial charge in [0, 0.05) is 28.6 Å². The molecule has 1 atom stereocenters. The number of nitrogens with zero attached hydrogens (tertiary/aromatic N) is 3. The van der Waals surface area contributed by atoms with Gasteiger partial charge >= 0.3 is 0 Å². The molecular weight excluding hydrogens is 566 g/mol. The Morgan fingerprint density at radius 1 is 0.717 bits per heavy atom. The minimum absolute atomic E-state index is 0.00522. The molecule has 7 rings (SSSR count). The molecule has 46 heavy (non-hydrogen) atoms. The van der Waals surface area contributed by atoms with Gasteiger partial charge in [0.25, 0.3) is 0 Å². The van der Waals surface area contributed by atoms with Crippen LogP contribution < -0.4 is 4.74 Å². The van der Waals surface area contributed by atoms with E-state index in [1.807, 2.05) is 18.3 Å². The molecule has 0 N–H and O–H groups in total. The van der Waals surface area contributed by atoms with Crippen molar-refractivity contribution in [3.05, 3.63) is 131 Å². The van der Waals surface area contributed by atoms with Crippen LogP contribution in [0.25, 0.3) is 27.6 Å². The monoisotopic (exact) mass is 607 g/mol. The van der Waals surface area contributed by atoms with E-state index in [2.05, 4.69) is 145 Å². The molecule has 1 aliphatic rings. The number of pyridine rings is 1. The summed E-state index contributed by atoms with van der Waals surface area (Å²) in [5.41, 5.74) is 6.68. The van der Waals surface area contributed by atoms with Crippen LogP contribution in [0.5, 0.6) is 11.5 Å². The minimum Gasteiger partial charge on any atom is -0.468 e. The largest absolute Gasteiger partial charge is 0.468 e. The molecule has 1 aliphatic heterocycles. The highest BCUT2D eigenvalue weighted by atomic mass is 16.5. The van der Waals surface area contributed by atoms with Gasteiger partial charge in [-0.3, -0.25) is 4.57 Å². The molecule has 0 saturated carbocycles. The normalized spacial score (nSPS) is 17.7. The molecular formula is C41H41N3O2. The van der Waals surface area contributed by atoms with Crippen LogP contribution in [0.4, 0.5) is 0 Å². The quantitative estimate of drug-likeness (QED) is 0.196. The van der Waals surface area contributed by atoms with Gasteiger partial charge in [-0.1, -0.05) is 62.7 Å². The Labute approximate surface area is 271 Å². The Kier molecular flexibility index (Phi) is 6.86. The summed E-state index contributed by atoms with van der Waals surface area (Å²) in [7, 11) is 0. The third kappa shape index (κ3) is 5.04. The lowest BCUT2D eigenvalue weighted by molar-refractivity contribution is 0.0519. The predicted octanol–water partition coefficient (Wildman–Crippen LogP) is 10.4. The van der Waals surface area contributed by atoms with Crippen LogP contribution in [0, 0.1) is 13.8 Å². The predicted molar refractivity (Wildman–Crippen MR) is 189 cm³/mol. The van der Waals surface area contributed by atoms with Crippen LogP contribution in [0.3, 0.4) is 0 Å². The van der Waals surface area contributed by atoms with Crippen LogP contribution in [-0.4, -0.2) is 21.0 Å². The summed E-state index contributed by atoms with van der Waals surface area (Å²) in [4.78, 5) is 10.0. The second-order valence-electron chi connectivity index (χ2n) is 14.3. The molecule has 0 unspecified atom stereocenters. The van der Waals surface area contributed by atoms with Gasteiger partial charge in [0.2, 0.25) is 5.90 Å². The number of rotatable bonds is 5. The van der Waals surface area contributed by atoms with E-state index in [0.717, 1.165) is 50.4 Å². The van der Waals surface area contributed by atoms with Gasteiger partial charge in [0.15, 0.2) is 0 Å². The summed E-state index contributed by atoms with van der Waals surface area (Å²) in [6, 6.07) is 33.8.